The van der Waals surface area contributed by atoms with Crippen LogP contribution in [-0.4, -0.2) is 19.3 Å². The number of thiazole rings is 1. The van der Waals surface area contributed by atoms with Gasteiger partial charge in [-0.05, 0) is 37.0 Å². The fourth-order valence-corrected chi connectivity index (χ4v) is 3.69. The van der Waals surface area contributed by atoms with Gasteiger partial charge in [-0.15, -0.1) is 16.2 Å². The molecular weight excluding hydrogens is 346 g/mol. The third-order valence-corrected chi connectivity index (χ3v) is 5.91. The van der Waals surface area contributed by atoms with Crippen molar-refractivity contribution in [2.75, 3.05) is 0 Å². The first kappa shape index (κ1) is 18.6. The first-order chi connectivity index (χ1) is 11.3. The number of sulfonamides is 1. The molecular formula is C16H21N3O3S2. The largest absolute Gasteiger partial charge is 0.277 e. The van der Waals surface area contributed by atoms with Gasteiger partial charge in [-0.25, -0.2) is 13.4 Å². The topological polar surface area (TPSA) is 88.2 Å². The van der Waals surface area contributed by atoms with E-state index in [4.69, 9.17) is 0 Å². The second-order valence-corrected chi connectivity index (χ2v) is 8.22. The number of aryl methyl sites for hydroxylation is 1. The molecule has 0 aliphatic carbocycles. The Morgan fingerprint density at radius 2 is 1.96 bits per heavy atom. The first-order valence-corrected chi connectivity index (χ1v) is 9.99. The second-order valence-electron chi connectivity index (χ2n) is 5.59. The van der Waals surface area contributed by atoms with E-state index in [1.165, 1.54) is 11.3 Å². The van der Waals surface area contributed by atoms with Gasteiger partial charge in [-0.1, -0.05) is 26.0 Å². The molecule has 0 radical (unpaired) electrons. The summed E-state index contributed by atoms with van der Waals surface area (Å²) in [5, 5.41) is 2.48. The molecule has 1 aromatic heterocycles. The van der Waals surface area contributed by atoms with Gasteiger partial charge >= 0.3 is 0 Å². The Balaban J connectivity index is 1.96. The van der Waals surface area contributed by atoms with E-state index in [0.29, 0.717) is 10.9 Å². The Morgan fingerprint density at radius 3 is 2.50 bits per heavy atom. The monoisotopic (exact) mass is 367 g/mol. The molecule has 0 fully saturated rings. The number of hydrogen-bond donors (Lipinski definition) is 2. The van der Waals surface area contributed by atoms with E-state index in [9.17, 15) is 13.2 Å². The summed E-state index contributed by atoms with van der Waals surface area (Å²) in [4.78, 5) is 18.2. The number of benzene rings is 1. The molecule has 6 nitrogen and oxygen atoms in total. The van der Waals surface area contributed by atoms with E-state index in [0.717, 1.165) is 17.7 Å². The summed E-state index contributed by atoms with van der Waals surface area (Å²) in [6.07, 6.45) is 1.02. The third-order valence-electron chi connectivity index (χ3n) is 3.67. The molecule has 1 heterocycles. The number of rotatable bonds is 7. The summed E-state index contributed by atoms with van der Waals surface area (Å²) in [5.41, 5.74) is 4.14. The molecule has 2 aromatic rings. The van der Waals surface area contributed by atoms with Crippen LogP contribution >= 0.6 is 11.3 Å². The number of carbonyl (C=O) groups excluding carboxylic acids is 1. The molecule has 130 valence electrons. The maximum atomic E-state index is 12.2. The number of nitrogens with zero attached hydrogens (tertiary/aromatic N) is 1. The van der Waals surface area contributed by atoms with E-state index < -0.39 is 15.9 Å². The highest BCUT2D eigenvalue weighted by molar-refractivity contribution is 7.89. The summed E-state index contributed by atoms with van der Waals surface area (Å²) in [5.74, 6) is -0.0830. The van der Waals surface area contributed by atoms with Gasteiger partial charge in [0.25, 0.3) is 10.0 Å². The van der Waals surface area contributed by atoms with Crippen LogP contribution in [0, 0.1) is 6.92 Å². The Kier molecular flexibility index (Phi) is 6.09. The van der Waals surface area contributed by atoms with E-state index in [2.05, 4.69) is 29.1 Å². The van der Waals surface area contributed by atoms with Gasteiger partial charge in [0.15, 0.2) is 0 Å². The van der Waals surface area contributed by atoms with Crippen LogP contribution in [0.3, 0.4) is 0 Å². The molecule has 0 aliphatic heterocycles. The van der Waals surface area contributed by atoms with E-state index in [1.54, 1.807) is 24.3 Å². The minimum Gasteiger partial charge on any atom is -0.277 e. The number of amides is 1. The van der Waals surface area contributed by atoms with Gasteiger partial charge in [0.05, 0.1) is 11.3 Å². The average Bonchev–Trinajstić information content (AvgIpc) is 2.97. The summed E-state index contributed by atoms with van der Waals surface area (Å²) in [6, 6.07) is 6.67. The standard InChI is InChI=1S/C16H21N3O3S2/c1-4-11(2)13-5-7-14(8-6-13)24(21,22)19-18-15(20)9-16-17-12(3)10-23-16/h5-8,10-11,19H,4,9H2,1-3H3,(H,18,20)/t11-/m1/s1. The van der Waals surface area contributed by atoms with Crippen LogP contribution in [0.1, 0.15) is 42.5 Å². The zero-order chi connectivity index (χ0) is 17.7. The molecule has 0 bridgehead atoms. The highest BCUT2D eigenvalue weighted by atomic mass is 32.2. The molecule has 2 N–H and O–H groups in total. The number of hydrogen-bond acceptors (Lipinski definition) is 5. The minimum absolute atomic E-state index is 0.0357. The minimum atomic E-state index is -3.79. The van der Waals surface area contributed by atoms with E-state index in [-0.39, 0.29) is 11.3 Å². The summed E-state index contributed by atoms with van der Waals surface area (Å²) < 4.78 is 24.4. The van der Waals surface area contributed by atoms with Crippen LogP contribution in [0.2, 0.25) is 0 Å². The number of aromatic nitrogens is 1. The molecule has 0 unspecified atom stereocenters. The van der Waals surface area contributed by atoms with Crippen LogP contribution in [0.4, 0.5) is 0 Å². The molecule has 0 aliphatic rings. The zero-order valence-corrected chi connectivity index (χ0v) is 15.5. The smallest absolute Gasteiger partial charge is 0.257 e. The molecule has 0 spiro atoms. The Labute approximate surface area is 146 Å². The van der Waals surface area contributed by atoms with Gasteiger partial charge in [-0.3, -0.25) is 10.2 Å². The van der Waals surface area contributed by atoms with Crippen molar-refractivity contribution in [3.8, 4) is 0 Å². The number of carbonyl (C=O) groups is 1. The fourth-order valence-electron chi connectivity index (χ4n) is 2.06. The summed E-state index contributed by atoms with van der Waals surface area (Å²) in [6.45, 7) is 6.00. The van der Waals surface area contributed by atoms with E-state index >= 15 is 0 Å². The predicted octanol–water partition coefficient (Wildman–Crippen LogP) is 2.52. The summed E-state index contributed by atoms with van der Waals surface area (Å²) in [7, 11) is -3.79. The second kappa shape index (κ2) is 7.87. The van der Waals surface area contributed by atoms with Crippen LogP contribution in [-0.2, 0) is 21.2 Å². The first-order valence-electron chi connectivity index (χ1n) is 7.63. The van der Waals surface area contributed by atoms with Crippen molar-refractivity contribution in [3.05, 3.63) is 45.9 Å². The van der Waals surface area contributed by atoms with Crippen molar-refractivity contribution in [2.45, 2.75) is 44.4 Å². The normalized spacial score (nSPS) is 12.8. The van der Waals surface area contributed by atoms with Crippen molar-refractivity contribution in [3.63, 3.8) is 0 Å². The van der Waals surface area contributed by atoms with Gasteiger partial charge in [-0.2, -0.15) is 0 Å². The Morgan fingerprint density at radius 1 is 1.29 bits per heavy atom. The van der Waals surface area contributed by atoms with Crippen LogP contribution in [0.25, 0.3) is 0 Å². The maximum Gasteiger partial charge on any atom is 0.257 e. The molecule has 8 heteroatoms. The molecule has 24 heavy (non-hydrogen) atoms. The third kappa shape index (κ3) is 4.86. The quantitative estimate of drug-likeness (QED) is 0.736. The fraction of sp³-hybridized carbons (Fsp3) is 0.375. The lowest BCUT2D eigenvalue weighted by Crippen LogP contribution is -2.42. The lowest BCUT2D eigenvalue weighted by molar-refractivity contribution is -0.120. The Bertz CT molecular complexity index is 798. The van der Waals surface area contributed by atoms with E-state index in [1.807, 2.05) is 12.3 Å². The highest BCUT2D eigenvalue weighted by Crippen LogP contribution is 2.20. The number of hydrazine groups is 1. The van der Waals surface area contributed by atoms with Gasteiger partial charge in [0.2, 0.25) is 5.91 Å². The van der Waals surface area contributed by atoms with Gasteiger partial charge < -0.3 is 0 Å². The van der Waals surface area contributed by atoms with Crippen LogP contribution < -0.4 is 10.3 Å². The van der Waals surface area contributed by atoms with Crippen molar-refractivity contribution >= 4 is 27.3 Å². The van der Waals surface area contributed by atoms with Gasteiger partial charge in [0.1, 0.15) is 5.01 Å². The summed E-state index contributed by atoms with van der Waals surface area (Å²) >= 11 is 1.36. The maximum absolute atomic E-state index is 12.2. The van der Waals surface area contributed by atoms with Crippen molar-refractivity contribution < 1.29 is 13.2 Å². The molecule has 2 rings (SSSR count). The lowest BCUT2D eigenvalue weighted by Gasteiger charge is -2.11. The highest BCUT2D eigenvalue weighted by Gasteiger charge is 2.16. The van der Waals surface area contributed by atoms with Crippen molar-refractivity contribution in [1.82, 2.24) is 15.2 Å². The SMILES string of the molecule is CC[C@@H](C)c1ccc(S(=O)(=O)NNC(=O)Cc2nc(C)cs2)cc1. The average molecular weight is 367 g/mol. The van der Waals surface area contributed by atoms with Crippen molar-refractivity contribution in [1.29, 1.82) is 0 Å². The lowest BCUT2D eigenvalue weighted by atomic mass is 9.99. The van der Waals surface area contributed by atoms with Crippen molar-refractivity contribution in [2.24, 2.45) is 0 Å². The molecule has 0 saturated heterocycles. The van der Waals surface area contributed by atoms with Gasteiger partial charge in [0, 0.05) is 11.1 Å². The van der Waals surface area contributed by atoms with Crippen LogP contribution in [0.5, 0.6) is 0 Å². The molecule has 1 amide bonds. The molecule has 0 saturated carbocycles. The Hall–Kier alpha value is -1.77. The van der Waals surface area contributed by atoms with Crippen LogP contribution in [0.15, 0.2) is 34.5 Å². The molecule has 1 aromatic carbocycles. The predicted molar refractivity (Wildman–Crippen MR) is 94.2 cm³/mol. The molecule has 1 atom stereocenters. The zero-order valence-electron chi connectivity index (χ0n) is 13.9. The number of nitrogens with one attached hydrogen (secondary N) is 2.